The van der Waals surface area contributed by atoms with Crippen molar-refractivity contribution in [1.29, 1.82) is 0 Å². The largest absolute Gasteiger partial charge is 0.466 e. The maximum atomic E-state index is 13.6. The standard InChI is InChI=1S/C30H39Cl2FN2O5/c1-5-39-28(37)23(18-21-6-10-24(33)11-7-21)20-27(36)26(34-29(38)40-30(2,3)4)19-22-8-12-25(13-9-22)35(16-14-31)17-15-32/h6-13,23,26H,5,14-20H2,1-4H3,(H,34,38)/t23-,26+/m1/s1. The molecule has 7 nitrogen and oxygen atoms in total. The van der Waals surface area contributed by atoms with Gasteiger partial charge in [0.25, 0.3) is 0 Å². The van der Waals surface area contributed by atoms with Gasteiger partial charge in [0.15, 0.2) is 5.78 Å². The predicted molar refractivity (Wildman–Crippen MR) is 157 cm³/mol. The van der Waals surface area contributed by atoms with E-state index in [4.69, 9.17) is 32.7 Å². The van der Waals surface area contributed by atoms with E-state index < -0.39 is 35.4 Å². The molecular weight excluding hydrogens is 558 g/mol. The summed E-state index contributed by atoms with van der Waals surface area (Å²) in [6.45, 7) is 8.31. The Labute approximate surface area is 246 Å². The maximum Gasteiger partial charge on any atom is 0.408 e. The quantitative estimate of drug-likeness (QED) is 0.203. The van der Waals surface area contributed by atoms with Crippen LogP contribution in [0.25, 0.3) is 0 Å². The average molecular weight is 598 g/mol. The Balaban J connectivity index is 2.27. The summed E-state index contributed by atoms with van der Waals surface area (Å²) < 4.78 is 24.0. The van der Waals surface area contributed by atoms with E-state index in [1.54, 1.807) is 39.8 Å². The zero-order chi connectivity index (χ0) is 29.7. The van der Waals surface area contributed by atoms with E-state index in [-0.39, 0.29) is 31.7 Å². The van der Waals surface area contributed by atoms with E-state index in [9.17, 15) is 18.8 Å². The third-order valence-corrected chi connectivity index (χ3v) is 6.33. The highest BCUT2D eigenvalue weighted by Crippen LogP contribution is 2.20. The zero-order valence-corrected chi connectivity index (χ0v) is 25.1. The van der Waals surface area contributed by atoms with Crippen LogP contribution < -0.4 is 10.2 Å². The molecule has 0 aliphatic rings. The van der Waals surface area contributed by atoms with Gasteiger partial charge in [-0.25, -0.2) is 9.18 Å². The van der Waals surface area contributed by atoms with Crippen LogP contribution >= 0.6 is 23.2 Å². The molecule has 1 amide bonds. The molecule has 0 bridgehead atoms. The molecule has 0 aromatic heterocycles. The molecule has 2 aromatic rings. The molecule has 0 fully saturated rings. The molecule has 1 N–H and O–H groups in total. The number of esters is 1. The number of anilines is 1. The predicted octanol–water partition coefficient (Wildman–Crippen LogP) is 5.93. The molecule has 0 spiro atoms. The van der Waals surface area contributed by atoms with Gasteiger partial charge in [0.1, 0.15) is 11.4 Å². The molecule has 0 aliphatic heterocycles. The summed E-state index contributed by atoms with van der Waals surface area (Å²) in [5, 5.41) is 2.69. The van der Waals surface area contributed by atoms with Gasteiger partial charge in [-0.2, -0.15) is 0 Å². The SMILES string of the molecule is CCOC(=O)[C@@H](CC(=O)[C@H](Cc1ccc(N(CCCl)CCCl)cc1)NC(=O)OC(C)(C)C)Cc1ccc(F)cc1. The minimum absolute atomic E-state index is 0.156. The number of alkyl carbamates (subject to hydrolysis) is 1. The van der Waals surface area contributed by atoms with Gasteiger partial charge in [-0.05, 0) is 75.9 Å². The number of carbonyl (C=O) groups excluding carboxylic acids is 3. The summed E-state index contributed by atoms with van der Waals surface area (Å²) in [5.74, 6) is -1.17. The fourth-order valence-corrected chi connectivity index (χ4v) is 4.54. The van der Waals surface area contributed by atoms with E-state index in [2.05, 4.69) is 10.2 Å². The lowest BCUT2D eigenvalue weighted by Gasteiger charge is -2.25. The van der Waals surface area contributed by atoms with Crippen LogP contribution in [-0.2, 0) is 31.9 Å². The first-order valence-corrected chi connectivity index (χ1v) is 14.4. The van der Waals surface area contributed by atoms with Gasteiger partial charge in [-0.1, -0.05) is 24.3 Å². The van der Waals surface area contributed by atoms with Crippen LogP contribution in [0.15, 0.2) is 48.5 Å². The summed E-state index contributed by atoms with van der Waals surface area (Å²) in [6.07, 6.45) is -0.525. The van der Waals surface area contributed by atoms with Crippen molar-refractivity contribution in [3.63, 3.8) is 0 Å². The number of amides is 1. The molecule has 2 rings (SSSR count). The lowest BCUT2D eigenvalue weighted by Crippen LogP contribution is -2.45. The summed E-state index contributed by atoms with van der Waals surface area (Å²) in [6, 6.07) is 12.4. The second kappa shape index (κ2) is 16.4. The van der Waals surface area contributed by atoms with Crippen molar-refractivity contribution in [2.75, 3.05) is 36.4 Å². The highest BCUT2D eigenvalue weighted by atomic mass is 35.5. The van der Waals surface area contributed by atoms with Crippen LogP contribution in [-0.4, -0.2) is 60.9 Å². The van der Waals surface area contributed by atoms with Crippen LogP contribution in [0, 0.1) is 11.7 Å². The summed E-state index contributed by atoms with van der Waals surface area (Å²) in [5.41, 5.74) is 1.68. The number of rotatable bonds is 15. The van der Waals surface area contributed by atoms with E-state index in [0.29, 0.717) is 30.4 Å². The Morgan fingerprint density at radius 3 is 2.00 bits per heavy atom. The van der Waals surface area contributed by atoms with Gasteiger partial charge in [0, 0.05) is 37.0 Å². The van der Waals surface area contributed by atoms with Gasteiger partial charge in [-0.3, -0.25) is 9.59 Å². The number of hydrogen-bond donors (Lipinski definition) is 1. The number of nitrogens with zero attached hydrogens (tertiary/aromatic N) is 1. The average Bonchev–Trinajstić information content (AvgIpc) is 2.88. The molecule has 0 unspecified atom stereocenters. The smallest absolute Gasteiger partial charge is 0.408 e. The first-order chi connectivity index (χ1) is 18.9. The van der Waals surface area contributed by atoms with Gasteiger partial charge in [0.2, 0.25) is 0 Å². The third kappa shape index (κ3) is 11.7. The first-order valence-electron chi connectivity index (χ1n) is 13.3. The third-order valence-electron chi connectivity index (χ3n) is 5.99. The minimum atomic E-state index is -0.951. The van der Waals surface area contributed by atoms with Gasteiger partial charge >= 0.3 is 12.1 Å². The number of Topliss-reactive ketones (excluding diaryl/α,β-unsaturated/α-hetero) is 1. The fourth-order valence-electron chi connectivity index (χ4n) is 4.14. The van der Waals surface area contributed by atoms with Crippen LogP contribution in [0.5, 0.6) is 0 Å². The second-order valence-corrected chi connectivity index (χ2v) is 11.1. The molecule has 0 aliphatic carbocycles. The van der Waals surface area contributed by atoms with Crippen molar-refractivity contribution < 1.29 is 28.2 Å². The van der Waals surface area contributed by atoms with Crippen LogP contribution in [0.4, 0.5) is 14.9 Å². The summed E-state index contributed by atoms with van der Waals surface area (Å²) in [7, 11) is 0. The van der Waals surface area contributed by atoms with Crippen molar-refractivity contribution in [1.82, 2.24) is 5.32 Å². The Morgan fingerprint density at radius 1 is 0.925 bits per heavy atom. The molecule has 0 saturated heterocycles. The van der Waals surface area contributed by atoms with Crippen LogP contribution in [0.2, 0.25) is 0 Å². The highest BCUT2D eigenvalue weighted by molar-refractivity contribution is 6.18. The Morgan fingerprint density at radius 2 is 1.48 bits per heavy atom. The van der Waals surface area contributed by atoms with Gasteiger partial charge in [0.05, 0.1) is 18.6 Å². The number of ether oxygens (including phenoxy) is 2. The van der Waals surface area contributed by atoms with Crippen molar-refractivity contribution in [3.8, 4) is 0 Å². The molecule has 10 heteroatoms. The maximum absolute atomic E-state index is 13.6. The number of alkyl halides is 2. The van der Waals surface area contributed by atoms with Gasteiger partial charge < -0.3 is 19.7 Å². The summed E-state index contributed by atoms with van der Waals surface area (Å²) >= 11 is 11.9. The minimum Gasteiger partial charge on any atom is -0.466 e. The number of benzene rings is 2. The Bertz CT molecular complexity index is 1080. The molecule has 0 radical (unpaired) electrons. The fraction of sp³-hybridized carbons (Fsp3) is 0.500. The van der Waals surface area contributed by atoms with E-state index in [0.717, 1.165) is 11.3 Å². The molecule has 2 atom stereocenters. The zero-order valence-electron chi connectivity index (χ0n) is 23.6. The van der Waals surface area contributed by atoms with Crippen molar-refractivity contribution in [2.24, 2.45) is 5.92 Å². The van der Waals surface area contributed by atoms with E-state index in [1.807, 2.05) is 24.3 Å². The van der Waals surface area contributed by atoms with E-state index in [1.165, 1.54) is 12.1 Å². The van der Waals surface area contributed by atoms with E-state index >= 15 is 0 Å². The molecule has 0 heterocycles. The number of ketones is 1. The molecule has 220 valence electrons. The lowest BCUT2D eigenvalue weighted by atomic mass is 9.90. The monoisotopic (exact) mass is 596 g/mol. The van der Waals surface area contributed by atoms with Crippen LogP contribution in [0.1, 0.15) is 45.2 Å². The number of halogens is 3. The van der Waals surface area contributed by atoms with Crippen molar-refractivity contribution >= 4 is 46.7 Å². The molecular formula is C30H39Cl2FN2O5. The van der Waals surface area contributed by atoms with Crippen molar-refractivity contribution in [2.45, 2.75) is 58.6 Å². The van der Waals surface area contributed by atoms with Crippen LogP contribution in [0.3, 0.4) is 0 Å². The molecule has 40 heavy (non-hydrogen) atoms. The van der Waals surface area contributed by atoms with Crippen molar-refractivity contribution in [3.05, 3.63) is 65.5 Å². The van der Waals surface area contributed by atoms with Gasteiger partial charge in [-0.15, -0.1) is 23.2 Å². The number of nitrogens with one attached hydrogen (secondary N) is 1. The Kier molecular flexibility index (Phi) is 13.7. The number of hydrogen-bond acceptors (Lipinski definition) is 6. The molecule has 0 saturated carbocycles. The first kappa shape index (κ1) is 33.4. The number of carbonyl (C=O) groups is 3. The summed E-state index contributed by atoms with van der Waals surface area (Å²) in [4.78, 5) is 41.1. The lowest BCUT2D eigenvalue weighted by molar-refractivity contribution is -0.149. The topological polar surface area (TPSA) is 84.9 Å². The second-order valence-electron chi connectivity index (χ2n) is 10.4. The Hall–Kier alpha value is -2.84. The normalized spacial score (nSPS) is 12.8. The highest BCUT2D eigenvalue weighted by Gasteiger charge is 2.30. The molecule has 2 aromatic carbocycles.